The van der Waals surface area contributed by atoms with E-state index in [4.69, 9.17) is 0 Å². The van der Waals surface area contributed by atoms with Crippen molar-refractivity contribution in [2.45, 2.75) is 58.3 Å². The van der Waals surface area contributed by atoms with Crippen LogP contribution in [-0.2, 0) is 0 Å². The Morgan fingerprint density at radius 3 is 2.56 bits per heavy atom. The summed E-state index contributed by atoms with van der Waals surface area (Å²) in [6.45, 7) is 4.74. The minimum atomic E-state index is 0.506. The Labute approximate surface area is 112 Å². The van der Waals surface area contributed by atoms with Crippen LogP contribution in [0.2, 0.25) is 0 Å². The van der Waals surface area contributed by atoms with Gasteiger partial charge in [-0.2, -0.15) is 0 Å². The van der Waals surface area contributed by atoms with Gasteiger partial charge in [-0.15, -0.1) is 0 Å². The van der Waals surface area contributed by atoms with Gasteiger partial charge in [0.2, 0.25) is 0 Å². The van der Waals surface area contributed by atoms with Gasteiger partial charge in [-0.1, -0.05) is 69.2 Å². The normalized spacial score (nSPS) is 25.0. The highest BCUT2D eigenvalue weighted by atomic mass is 14.4. The Balaban J connectivity index is 2.20. The fourth-order valence-electron chi connectivity index (χ4n) is 3.37. The molecule has 2 unspecified atom stereocenters. The Kier molecular flexibility index (Phi) is 4.63. The molecule has 0 heteroatoms. The van der Waals surface area contributed by atoms with Crippen molar-refractivity contribution in [3.63, 3.8) is 0 Å². The standard InChI is InChI=1S/C18H26/c1-3-4-13-18(14-9-6-10-15-18)16(2)17-11-7-5-8-12-17/h5-9,11-12,16H,3-4,10,13-15H2,1-2H3. The monoisotopic (exact) mass is 242 g/mol. The quantitative estimate of drug-likeness (QED) is 0.580. The molecule has 0 fully saturated rings. The second kappa shape index (κ2) is 6.22. The van der Waals surface area contributed by atoms with Gasteiger partial charge < -0.3 is 0 Å². The van der Waals surface area contributed by atoms with Crippen molar-refractivity contribution in [1.29, 1.82) is 0 Å². The second-order valence-corrected chi connectivity index (χ2v) is 5.81. The highest BCUT2D eigenvalue weighted by Gasteiger charge is 2.35. The van der Waals surface area contributed by atoms with E-state index in [0.29, 0.717) is 11.3 Å². The summed E-state index contributed by atoms with van der Waals surface area (Å²) < 4.78 is 0. The van der Waals surface area contributed by atoms with Crippen LogP contribution in [0, 0.1) is 5.41 Å². The van der Waals surface area contributed by atoms with Gasteiger partial charge in [0.05, 0.1) is 0 Å². The number of benzene rings is 1. The van der Waals surface area contributed by atoms with Crippen LogP contribution in [0.5, 0.6) is 0 Å². The summed E-state index contributed by atoms with van der Waals surface area (Å²) in [5, 5.41) is 0. The van der Waals surface area contributed by atoms with Crippen molar-refractivity contribution in [1.82, 2.24) is 0 Å². The molecule has 0 saturated carbocycles. The van der Waals surface area contributed by atoms with Crippen molar-refractivity contribution < 1.29 is 0 Å². The molecule has 18 heavy (non-hydrogen) atoms. The van der Waals surface area contributed by atoms with Crippen LogP contribution in [0.15, 0.2) is 42.5 Å². The molecule has 0 saturated heterocycles. The molecule has 0 aliphatic heterocycles. The second-order valence-electron chi connectivity index (χ2n) is 5.81. The van der Waals surface area contributed by atoms with Gasteiger partial charge >= 0.3 is 0 Å². The van der Waals surface area contributed by atoms with E-state index < -0.39 is 0 Å². The van der Waals surface area contributed by atoms with Gasteiger partial charge in [-0.05, 0) is 42.6 Å². The Hall–Kier alpha value is -1.04. The van der Waals surface area contributed by atoms with Crippen LogP contribution in [0.4, 0.5) is 0 Å². The highest BCUT2D eigenvalue weighted by molar-refractivity contribution is 5.22. The molecular formula is C18H26. The summed E-state index contributed by atoms with van der Waals surface area (Å²) in [7, 11) is 0. The third-order valence-electron chi connectivity index (χ3n) is 4.75. The van der Waals surface area contributed by atoms with E-state index in [1.807, 2.05) is 0 Å². The fourth-order valence-corrected chi connectivity index (χ4v) is 3.37. The van der Waals surface area contributed by atoms with E-state index in [-0.39, 0.29) is 0 Å². The van der Waals surface area contributed by atoms with Gasteiger partial charge in [0.1, 0.15) is 0 Å². The molecule has 0 amide bonds. The van der Waals surface area contributed by atoms with Crippen LogP contribution in [0.25, 0.3) is 0 Å². The lowest BCUT2D eigenvalue weighted by molar-refractivity contribution is 0.184. The molecule has 0 spiro atoms. The average Bonchev–Trinajstić information content (AvgIpc) is 2.46. The third-order valence-corrected chi connectivity index (χ3v) is 4.75. The van der Waals surface area contributed by atoms with E-state index in [2.05, 4.69) is 56.3 Å². The summed E-state index contributed by atoms with van der Waals surface area (Å²) >= 11 is 0. The zero-order valence-electron chi connectivity index (χ0n) is 11.9. The molecular weight excluding hydrogens is 216 g/mol. The Morgan fingerprint density at radius 1 is 1.17 bits per heavy atom. The largest absolute Gasteiger partial charge is 0.0885 e. The van der Waals surface area contributed by atoms with E-state index >= 15 is 0 Å². The lowest BCUT2D eigenvalue weighted by atomic mass is 9.64. The van der Waals surface area contributed by atoms with Gasteiger partial charge in [0.25, 0.3) is 0 Å². The summed E-state index contributed by atoms with van der Waals surface area (Å²) in [5.41, 5.74) is 2.02. The minimum absolute atomic E-state index is 0.506. The third kappa shape index (κ3) is 2.85. The van der Waals surface area contributed by atoms with Gasteiger partial charge in [-0.3, -0.25) is 0 Å². The molecule has 0 bridgehead atoms. The molecule has 0 radical (unpaired) electrons. The van der Waals surface area contributed by atoms with Crippen molar-refractivity contribution in [3.05, 3.63) is 48.0 Å². The topological polar surface area (TPSA) is 0 Å². The van der Waals surface area contributed by atoms with E-state index in [0.717, 1.165) is 0 Å². The molecule has 2 atom stereocenters. The zero-order valence-corrected chi connectivity index (χ0v) is 11.9. The Morgan fingerprint density at radius 2 is 1.94 bits per heavy atom. The van der Waals surface area contributed by atoms with Crippen LogP contribution in [0.3, 0.4) is 0 Å². The highest BCUT2D eigenvalue weighted by Crippen LogP contribution is 2.48. The lowest BCUT2D eigenvalue weighted by Crippen LogP contribution is -2.28. The fraction of sp³-hybridized carbons (Fsp3) is 0.556. The molecule has 1 aromatic rings. The molecule has 1 aliphatic carbocycles. The van der Waals surface area contributed by atoms with Crippen LogP contribution in [-0.4, -0.2) is 0 Å². The SMILES string of the molecule is CCCCC1(C(C)c2ccccc2)CC=CCC1. The zero-order chi connectivity index (χ0) is 12.8. The lowest BCUT2D eigenvalue weighted by Gasteiger charge is -2.41. The van der Waals surface area contributed by atoms with Crippen LogP contribution >= 0.6 is 0 Å². The van der Waals surface area contributed by atoms with Crippen molar-refractivity contribution in [3.8, 4) is 0 Å². The van der Waals surface area contributed by atoms with Gasteiger partial charge in [-0.25, -0.2) is 0 Å². The molecule has 0 heterocycles. The molecule has 0 N–H and O–H groups in total. The number of rotatable bonds is 5. The number of hydrogen-bond donors (Lipinski definition) is 0. The first-order valence-electron chi connectivity index (χ1n) is 7.48. The first-order chi connectivity index (χ1) is 8.78. The maximum Gasteiger partial charge on any atom is -0.0131 e. The van der Waals surface area contributed by atoms with Crippen molar-refractivity contribution in [2.75, 3.05) is 0 Å². The van der Waals surface area contributed by atoms with E-state index in [9.17, 15) is 0 Å². The molecule has 1 aliphatic rings. The maximum atomic E-state index is 2.43. The van der Waals surface area contributed by atoms with Gasteiger partial charge in [0, 0.05) is 0 Å². The number of unbranched alkanes of at least 4 members (excludes halogenated alkanes) is 1. The first kappa shape index (κ1) is 13.4. The van der Waals surface area contributed by atoms with E-state index in [1.165, 1.54) is 44.1 Å². The van der Waals surface area contributed by atoms with Crippen molar-refractivity contribution >= 4 is 0 Å². The maximum absolute atomic E-state index is 2.43. The molecule has 1 aromatic carbocycles. The molecule has 0 aromatic heterocycles. The summed E-state index contributed by atoms with van der Waals surface area (Å²) in [4.78, 5) is 0. The summed E-state index contributed by atoms with van der Waals surface area (Å²) in [6, 6.07) is 11.1. The average molecular weight is 242 g/mol. The molecule has 2 rings (SSSR count). The summed E-state index contributed by atoms with van der Waals surface area (Å²) in [6.07, 6.45) is 12.7. The smallest absolute Gasteiger partial charge is 0.0131 e. The van der Waals surface area contributed by atoms with Crippen LogP contribution < -0.4 is 0 Å². The predicted octanol–water partition coefficient (Wildman–Crippen LogP) is 5.71. The minimum Gasteiger partial charge on any atom is -0.0885 e. The molecule has 98 valence electrons. The van der Waals surface area contributed by atoms with E-state index in [1.54, 1.807) is 0 Å². The van der Waals surface area contributed by atoms with Crippen LogP contribution in [0.1, 0.15) is 63.9 Å². The summed E-state index contributed by atoms with van der Waals surface area (Å²) in [5.74, 6) is 0.676. The molecule has 0 nitrogen and oxygen atoms in total. The predicted molar refractivity (Wildman–Crippen MR) is 79.8 cm³/mol. The number of allylic oxidation sites excluding steroid dienone is 2. The Bertz CT molecular complexity index is 376. The number of hydrogen-bond acceptors (Lipinski definition) is 0. The van der Waals surface area contributed by atoms with Gasteiger partial charge in [0.15, 0.2) is 0 Å². The first-order valence-corrected chi connectivity index (χ1v) is 7.48. The van der Waals surface area contributed by atoms with Crippen molar-refractivity contribution in [2.24, 2.45) is 5.41 Å².